The molecule has 0 aliphatic heterocycles. The lowest BCUT2D eigenvalue weighted by molar-refractivity contribution is 0.331. The molecule has 0 radical (unpaired) electrons. The Kier molecular flexibility index (Phi) is 4.69. The quantitative estimate of drug-likeness (QED) is 0.536. The van der Waals surface area contributed by atoms with Gasteiger partial charge in [0.1, 0.15) is 34.5 Å². The first kappa shape index (κ1) is 17.6. The number of hydrogen-bond acceptors (Lipinski definition) is 6. The molecule has 134 valence electrons. The first-order valence-corrected chi connectivity index (χ1v) is 7.97. The van der Waals surface area contributed by atoms with Gasteiger partial charge >= 0.3 is 0 Å². The van der Waals surface area contributed by atoms with E-state index in [1.807, 2.05) is 0 Å². The van der Waals surface area contributed by atoms with Crippen molar-refractivity contribution >= 4 is 11.0 Å². The van der Waals surface area contributed by atoms with Gasteiger partial charge < -0.3 is 24.8 Å². The summed E-state index contributed by atoms with van der Waals surface area (Å²) in [5.74, 6) is -0.504. The van der Waals surface area contributed by atoms with Gasteiger partial charge in [0.25, 0.3) is 0 Å². The Labute approximate surface area is 148 Å². The maximum atomic E-state index is 12.9. The fourth-order valence-corrected chi connectivity index (χ4v) is 2.71. The molecule has 0 spiro atoms. The number of aromatic hydroxyl groups is 3. The summed E-state index contributed by atoms with van der Waals surface area (Å²) in [6.45, 7) is 1.62. The van der Waals surface area contributed by atoms with Crippen LogP contribution in [0.2, 0.25) is 0 Å². The Balaban J connectivity index is 2.23. The van der Waals surface area contributed by atoms with Crippen molar-refractivity contribution in [2.75, 3.05) is 6.61 Å². The van der Waals surface area contributed by atoms with E-state index in [4.69, 9.17) is 9.52 Å². The zero-order valence-electron chi connectivity index (χ0n) is 14.1. The number of phenolic OH excluding ortho intramolecular Hbond substituents is 3. The highest BCUT2D eigenvalue weighted by molar-refractivity contribution is 5.90. The fraction of sp³-hybridized carbons (Fsp3) is 0.150. The predicted octanol–water partition coefficient (Wildman–Crippen LogP) is 3.06. The van der Waals surface area contributed by atoms with E-state index in [1.165, 1.54) is 18.4 Å². The third kappa shape index (κ3) is 3.14. The SMILES string of the molecule is CC(=CCc1c(O)cc(O)c2c(=O)c(-c3ccc(O)cc3)coc12)CO. The van der Waals surface area contributed by atoms with Crippen molar-refractivity contribution in [3.63, 3.8) is 0 Å². The Morgan fingerprint density at radius 2 is 1.81 bits per heavy atom. The molecule has 0 atom stereocenters. The summed E-state index contributed by atoms with van der Waals surface area (Å²) in [7, 11) is 0. The Morgan fingerprint density at radius 3 is 2.46 bits per heavy atom. The Hall–Kier alpha value is -3.25. The summed E-state index contributed by atoms with van der Waals surface area (Å²) in [5.41, 5.74) is 1.46. The van der Waals surface area contributed by atoms with Crippen LogP contribution in [0.5, 0.6) is 17.2 Å². The van der Waals surface area contributed by atoms with Crippen LogP contribution >= 0.6 is 0 Å². The number of aliphatic hydroxyl groups excluding tert-OH is 1. The molecule has 0 saturated heterocycles. The second-order valence-corrected chi connectivity index (χ2v) is 6.04. The molecule has 0 bridgehead atoms. The minimum atomic E-state index is -0.446. The van der Waals surface area contributed by atoms with Gasteiger partial charge in [-0.25, -0.2) is 0 Å². The summed E-state index contributed by atoms with van der Waals surface area (Å²) in [6, 6.07) is 7.14. The molecule has 4 N–H and O–H groups in total. The van der Waals surface area contributed by atoms with Crippen LogP contribution in [0.25, 0.3) is 22.1 Å². The molecular weight excluding hydrogens is 336 g/mol. The molecule has 3 rings (SSSR count). The van der Waals surface area contributed by atoms with E-state index in [-0.39, 0.29) is 46.8 Å². The number of rotatable bonds is 4. The van der Waals surface area contributed by atoms with Crippen LogP contribution in [0, 0.1) is 0 Å². The van der Waals surface area contributed by atoms with E-state index in [9.17, 15) is 20.1 Å². The van der Waals surface area contributed by atoms with Crippen molar-refractivity contribution in [3.8, 4) is 28.4 Å². The standard InChI is InChI=1S/C20H18O6/c1-11(9-21)2-7-14-16(23)8-17(24)18-19(25)15(10-26-20(14)18)12-3-5-13(22)6-4-12/h2-6,8,10,21-24H,7,9H2,1H3. The smallest absolute Gasteiger partial charge is 0.204 e. The number of allylic oxidation sites excluding steroid dienone is 1. The molecule has 0 aliphatic carbocycles. The van der Waals surface area contributed by atoms with Crippen LogP contribution in [0.3, 0.4) is 0 Å². The molecule has 6 heteroatoms. The highest BCUT2D eigenvalue weighted by Gasteiger charge is 2.18. The molecule has 26 heavy (non-hydrogen) atoms. The van der Waals surface area contributed by atoms with Gasteiger partial charge in [-0.15, -0.1) is 0 Å². The monoisotopic (exact) mass is 354 g/mol. The third-order valence-corrected chi connectivity index (χ3v) is 4.19. The van der Waals surface area contributed by atoms with Gasteiger partial charge in [0.05, 0.1) is 12.2 Å². The predicted molar refractivity (Wildman–Crippen MR) is 97.5 cm³/mol. The van der Waals surface area contributed by atoms with Crippen LogP contribution in [-0.2, 0) is 6.42 Å². The lowest BCUT2D eigenvalue weighted by Crippen LogP contribution is -2.06. The largest absolute Gasteiger partial charge is 0.508 e. The van der Waals surface area contributed by atoms with Crippen molar-refractivity contribution in [1.29, 1.82) is 0 Å². The highest BCUT2D eigenvalue weighted by Crippen LogP contribution is 2.35. The summed E-state index contributed by atoms with van der Waals surface area (Å²) in [4.78, 5) is 12.9. The maximum Gasteiger partial charge on any atom is 0.204 e. The molecule has 3 aromatic rings. The molecule has 1 aromatic heterocycles. The number of phenols is 3. The summed E-state index contributed by atoms with van der Waals surface area (Å²) < 4.78 is 5.59. The molecule has 1 heterocycles. The van der Waals surface area contributed by atoms with Crippen LogP contribution in [0.1, 0.15) is 12.5 Å². The first-order valence-electron chi connectivity index (χ1n) is 7.97. The van der Waals surface area contributed by atoms with Gasteiger partial charge in [-0.05, 0) is 31.0 Å². The van der Waals surface area contributed by atoms with Crippen molar-refractivity contribution in [3.05, 3.63) is 64.0 Å². The van der Waals surface area contributed by atoms with Gasteiger partial charge in [0.2, 0.25) is 5.43 Å². The normalized spacial score (nSPS) is 11.8. The maximum absolute atomic E-state index is 12.9. The van der Waals surface area contributed by atoms with E-state index in [0.29, 0.717) is 16.7 Å². The van der Waals surface area contributed by atoms with Crippen molar-refractivity contribution in [2.24, 2.45) is 0 Å². The summed E-state index contributed by atoms with van der Waals surface area (Å²) in [5, 5.41) is 38.8. The molecule has 0 aliphatic rings. The van der Waals surface area contributed by atoms with Gasteiger partial charge in [0, 0.05) is 11.6 Å². The molecule has 0 amide bonds. The highest BCUT2D eigenvalue weighted by atomic mass is 16.3. The molecule has 0 saturated carbocycles. The van der Waals surface area contributed by atoms with E-state index < -0.39 is 5.43 Å². The number of fused-ring (bicyclic) bond motifs is 1. The summed E-state index contributed by atoms with van der Waals surface area (Å²) in [6.07, 6.45) is 3.21. The summed E-state index contributed by atoms with van der Waals surface area (Å²) >= 11 is 0. The van der Waals surface area contributed by atoms with E-state index in [1.54, 1.807) is 25.1 Å². The van der Waals surface area contributed by atoms with Crippen molar-refractivity contribution < 1.29 is 24.8 Å². The lowest BCUT2D eigenvalue weighted by atomic mass is 10.0. The van der Waals surface area contributed by atoms with Crippen molar-refractivity contribution in [2.45, 2.75) is 13.3 Å². The topological polar surface area (TPSA) is 111 Å². The van der Waals surface area contributed by atoms with Gasteiger partial charge in [-0.2, -0.15) is 0 Å². The second-order valence-electron chi connectivity index (χ2n) is 6.04. The van der Waals surface area contributed by atoms with Crippen LogP contribution < -0.4 is 5.43 Å². The number of hydrogen-bond donors (Lipinski definition) is 4. The van der Waals surface area contributed by atoms with Crippen LogP contribution in [0.4, 0.5) is 0 Å². The zero-order chi connectivity index (χ0) is 18.8. The van der Waals surface area contributed by atoms with Gasteiger partial charge in [0.15, 0.2) is 0 Å². The minimum Gasteiger partial charge on any atom is -0.508 e. The average Bonchev–Trinajstić information content (AvgIpc) is 2.62. The molecule has 6 nitrogen and oxygen atoms in total. The molecule has 2 aromatic carbocycles. The first-order chi connectivity index (χ1) is 12.4. The average molecular weight is 354 g/mol. The van der Waals surface area contributed by atoms with Gasteiger partial charge in [-0.3, -0.25) is 4.79 Å². The lowest BCUT2D eigenvalue weighted by Gasteiger charge is -2.10. The zero-order valence-corrected chi connectivity index (χ0v) is 14.1. The Morgan fingerprint density at radius 1 is 1.12 bits per heavy atom. The minimum absolute atomic E-state index is 0.0292. The van der Waals surface area contributed by atoms with Crippen LogP contribution in [-0.4, -0.2) is 27.0 Å². The fourth-order valence-electron chi connectivity index (χ4n) is 2.71. The van der Waals surface area contributed by atoms with Crippen molar-refractivity contribution in [1.82, 2.24) is 0 Å². The Bertz CT molecular complexity index is 1040. The molecular formula is C20H18O6. The molecule has 0 unspecified atom stereocenters. The number of benzene rings is 2. The second kappa shape index (κ2) is 6.93. The number of aliphatic hydroxyl groups is 1. The van der Waals surface area contributed by atoms with E-state index in [2.05, 4.69) is 0 Å². The molecule has 0 fully saturated rings. The van der Waals surface area contributed by atoms with Crippen LogP contribution in [0.15, 0.2) is 57.5 Å². The van der Waals surface area contributed by atoms with E-state index in [0.717, 1.165) is 6.07 Å². The third-order valence-electron chi connectivity index (χ3n) is 4.19. The van der Waals surface area contributed by atoms with E-state index >= 15 is 0 Å². The van der Waals surface area contributed by atoms with Gasteiger partial charge in [-0.1, -0.05) is 23.8 Å².